The first-order valence-electron chi connectivity index (χ1n) is 4.97. The molecular weight excluding hydrogens is 168 g/mol. The van der Waals surface area contributed by atoms with Gasteiger partial charge in [-0.15, -0.1) is 0 Å². The molecule has 0 aromatic heterocycles. The molecule has 0 bridgehead atoms. The van der Waals surface area contributed by atoms with Crippen molar-refractivity contribution >= 4 is 5.97 Å². The quantitative estimate of drug-likeness (QED) is 0.498. The van der Waals surface area contributed by atoms with Gasteiger partial charge in [-0.2, -0.15) is 0 Å². The third-order valence-electron chi connectivity index (χ3n) is 2.52. The van der Waals surface area contributed by atoms with Gasteiger partial charge in [0.15, 0.2) is 6.79 Å². The molecule has 1 rings (SSSR count). The predicted octanol–water partition coefficient (Wildman–Crippen LogP) is 2.10. The molecule has 0 heterocycles. The summed E-state index contributed by atoms with van der Waals surface area (Å²) in [4.78, 5) is 11.2. The van der Waals surface area contributed by atoms with Crippen molar-refractivity contribution in [1.82, 2.24) is 0 Å². The van der Waals surface area contributed by atoms with Crippen LogP contribution in [0.3, 0.4) is 0 Å². The zero-order valence-electron chi connectivity index (χ0n) is 8.25. The van der Waals surface area contributed by atoms with Crippen molar-refractivity contribution in [3.8, 4) is 0 Å². The van der Waals surface area contributed by atoms with Crippen LogP contribution in [0.4, 0.5) is 0 Å². The van der Waals surface area contributed by atoms with Gasteiger partial charge in [0.25, 0.3) is 0 Å². The largest absolute Gasteiger partial charge is 0.438 e. The second kappa shape index (κ2) is 5.97. The van der Waals surface area contributed by atoms with Crippen molar-refractivity contribution in [2.75, 3.05) is 13.9 Å². The number of rotatable bonds is 4. The van der Waals surface area contributed by atoms with Gasteiger partial charge >= 0.3 is 5.97 Å². The zero-order valence-corrected chi connectivity index (χ0v) is 8.25. The van der Waals surface area contributed by atoms with Crippen molar-refractivity contribution in [3.63, 3.8) is 0 Å². The van der Waals surface area contributed by atoms with E-state index in [-0.39, 0.29) is 12.8 Å². The third-order valence-corrected chi connectivity index (χ3v) is 2.52. The van der Waals surface area contributed by atoms with Crippen LogP contribution in [-0.2, 0) is 14.3 Å². The maximum Gasteiger partial charge on any atom is 0.308 e. The van der Waals surface area contributed by atoms with Crippen molar-refractivity contribution in [1.29, 1.82) is 0 Å². The number of hydrogen-bond donors (Lipinski definition) is 0. The summed E-state index contributed by atoms with van der Waals surface area (Å²) in [6.07, 6.45) is 6.79. The lowest BCUT2D eigenvalue weighted by molar-refractivity contribution is -0.155. The van der Waals surface area contributed by atoms with Crippen LogP contribution < -0.4 is 0 Å². The van der Waals surface area contributed by atoms with Crippen LogP contribution in [0.5, 0.6) is 0 Å². The Morgan fingerprint density at radius 2 is 2.00 bits per heavy atom. The van der Waals surface area contributed by atoms with Gasteiger partial charge in [-0.1, -0.05) is 19.3 Å². The minimum atomic E-state index is -0.117. The summed E-state index contributed by atoms with van der Waals surface area (Å²) in [5.41, 5.74) is 0. The molecule has 0 aromatic carbocycles. The molecular formula is C10H18O3. The molecule has 1 fully saturated rings. The predicted molar refractivity (Wildman–Crippen MR) is 49.2 cm³/mol. The van der Waals surface area contributed by atoms with Gasteiger partial charge in [-0.3, -0.25) is 4.79 Å². The number of carbonyl (C=O) groups is 1. The monoisotopic (exact) mass is 186 g/mol. The Morgan fingerprint density at radius 3 is 2.62 bits per heavy atom. The van der Waals surface area contributed by atoms with Gasteiger partial charge in [-0.25, -0.2) is 0 Å². The lowest BCUT2D eigenvalue weighted by Crippen LogP contribution is -2.15. The van der Waals surface area contributed by atoms with Gasteiger partial charge in [0.2, 0.25) is 0 Å². The normalized spacial score (nSPS) is 18.5. The minimum Gasteiger partial charge on any atom is -0.438 e. The van der Waals surface area contributed by atoms with E-state index in [2.05, 4.69) is 4.74 Å². The fourth-order valence-electron chi connectivity index (χ4n) is 1.81. The topological polar surface area (TPSA) is 35.5 Å². The van der Waals surface area contributed by atoms with E-state index in [0.717, 1.165) is 0 Å². The molecule has 1 aliphatic rings. The highest BCUT2D eigenvalue weighted by Crippen LogP contribution is 2.26. The summed E-state index contributed by atoms with van der Waals surface area (Å²) >= 11 is 0. The molecule has 1 saturated carbocycles. The fraction of sp³-hybridized carbons (Fsp3) is 0.900. The molecule has 0 saturated heterocycles. The van der Waals surface area contributed by atoms with Crippen molar-refractivity contribution < 1.29 is 14.3 Å². The molecule has 13 heavy (non-hydrogen) atoms. The first kappa shape index (κ1) is 10.5. The Balaban J connectivity index is 2.11. The van der Waals surface area contributed by atoms with Gasteiger partial charge in [0.1, 0.15) is 0 Å². The summed E-state index contributed by atoms with van der Waals surface area (Å²) in [5.74, 6) is 0.437. The second-order valence-electron chi connectivity index (χ2n) is 3.63. The summed E-state index contributed by atoms with van der Waals surface area (Å²) in [5, 5.41) is 0. The van der Waals surface area contributed by atoms with E-state index in [0.29, 0.717) is 12.3 Å². The number of carbonyl (C=O) groups excluding carboxylic acids is 1. The Bertz CT molecular complexity index is 150. The molecule has 0 unspecified atom stereocenters. The molecule has 0 aromatic rings. The lowest BCUT2D eigenvalue weighted by atomic mass is 9.87. The van der Waals surface area contributed by atoms with Gasteiger partial charge in [0.05, 0.1) is 0 Å². The molecule has 0 atom stereocenters. The van der Waals surface area contributed by atoms with E-state index in [1.54, 1.807) is 0 Å². The smallest absolute Gasteiger partial charge is 0.308 e. The van der Waals surface area contributed by atoms with Crippen LogP contribution >= 0.6 is 0 Å². The number of esters is 1. The van der Waals surface area contributed by atoms with Gasteiger partial charge in [-0.05, 0) is 18.8 Å². The van der Waals surface area contributed by atoms with E-state index in [4.69, 9.17) is 4.74 Å². The molecule has 3 nitrogen and oxygen atoms in total. The molecule has 0 spiro atoms. The molecule has 1 aliphatic carbocycles. The molecule has 0 amide bonds. The Labute approximate surface area is 79.4 Å². The SMILES string of the molecule is COCOC(=O)CC1CCCCC1. The second-order valence-corrected chi connectivity index (χ2v) is 3.63. The lowest BCUT2D eigenvalue weighted by Gasteiger charge is -2.20. The maximum absolute atomic E-state index is 11.2. The van der Waals surface area contributed by atoms with Crippen LogP contribution in [0.1, 0.15) is 38.5 Å². The minimum absolute atomic E-state index is 0.0888. The van der Waals surface area contributed by atoms with Gasteiger partial charge in [0, 0.05) is 13.5 Å². The molecule has 76 valence electrons. The third kappa shape index (κ3) is 4.27. The van der Waals surface area contributed by atoms with Crippen LogP contribution in [0.25, 0.3) is 0 Å². The Hall–Kier alpha value is -0.570. The van der Waals surface area contributed by atoms with Crippen molar-refractivity contribution in [2.45, 2.75) is 38.5 Å². The van der Waals surface area contributed by atoms with Crippen LogP contribution in [0, 0.1) is 5.92 Å². The highest BCUT2D eigenvalue weighted by atomic mass is 16.7. The Morgan fingerprint density at radius 1 is 1.31 bits per heavy atom. The number of ether oxygens (including phenoxy) is 2. The van der Waals surface area contributed by atoms with E-state index in [9.17, 15) is 4.79 Å². The maximum atomic E-state index is 11.2. The fourth-order valence-corrected chi connectivity index (χ4v) is 1.81. The van der Waals surface area contributed by atoms with E-state index in [1.807, 2.05) is 0 Å². The number of methoxy groups -OCH3 is 1. The van der Waals surface area contributed by atoms with E-state index >= 15 is 0 Å². The average molecular weight is 186 g/mol. The number of hydrogen-bond acceptors (Lipinski definition) is 3. The first-order chi connectivity index (χ1) is 6.33. The summed E-state index contributed by atoms with van der Waals surface area (Å²) in [6, 6.07) is 0. The van der Waals surface area contributed by atoms with Crippen molar-refractivity contribution in [3.05, 3.63) is 0 Å². The Kier molecular flexibility index (Phi) is 4.83. The molecule has 0 aliphatic heterocycles. The zero-order chi connectivity index (χ0) is 9.52. The van der Waals surface area contributed by atoms with Crippen LogP contribution in [-0.4, -0.2) is 19.9 Å². The van der Waals surface area contributed by atoms with Crippen LogP contribution in [0.2, 0.25) is 0 Å². The summed E-state index contributed by atoms with van der Waals surface area (Å²) in [6.45, 7) is 0.0888. The van der Waals surface area contributed by atoms with Gasteiger partial charge < -0.3 is 9.47 Å². The highest BCUT2D eigenvalue weighted by Gasteiger charge is 2.17. The standard InChI is InChI=1S/C10H18O3/c1-12-8-13-10(11)7-9-5-3-2-4-6-9/h9H,2-8H2,1H3. The van der Waals surface area contributed by atoms with Crippen molar-refractivity contribution in [2.24, 2.45) is 5.92 Å². The van der Waals surface area contributed by atoms with Crippen LogP contribution in [0.15, 0.2) is 0 Å². The van der Waals surface area contributed by atoms with E-state index < -0.39 is 0 Å². The highest BCUT2D eigenvalue weighted by molar-refractivity contribution is 5.69. The van der Waals surface area contributed by atoms with E-state index in [1.165, 1.54) is 39.2 Å². The molecule has 0 N–H and O–H groups in total. The first-order valence-corrected chi connectivity index (χ1v) is 4.97. The summed E-state index contributed by atoms with van der Waals surface area (Å²) < 4.78 is 9.49. The summed E-state index contributed by atoms with van der Waals surface area (Å²) in [7, 11) is 1.52. The average Bonchev–Trinajstić information content (AvgIpc) is 2.16. The molecule has 3 heteroatoms. The molecule has 0 radical (unpaired) electrons.